The standard InChI is InChI=1S/C10H10BrNO3/c11-7-4-6(5-2-1-3-5)8(10(14)15)12-9(7)13/h4-5H,1-3H2,(H,12,13)(H,14,15). The van der Waals surface area contributed by atoms with Gasteiger partial charge in [-0.15, -0.1) is 0 Å². The Kier molecular flexibility index (Phi) is 2.65. The van der Waals surface area contributed by atoms with E-state index in [1.807, 2.05) is 0 Å². The number of rotatable bonds is 2. The van der Waals surface area contributed by atoms with Crippen LogP contribution in [-0.2, 0) is 0 Å². The largest absolute Gasteiger partial charge is 0.477 e. The van der Waals surface area contributed by atoms with E-state index in [1.165, 1.54) is 0 Å². The molecular weight excluding hydrogens is 262 g/mol. The van der Waals surface area contributed by atoms with Crippen LogP contribution in [0.5, 0.6) is 0 Å². The van der Waals surface area contributed by atoms with Gasteiger partial charge < -0.3 is 10.1 Å². The van der Waals surface area contributed by atoms with E-state index in [-0.39, 0.29) is 11.6 Å². The van der Waals surface area contributed by atoms with E-state index >= 15 is 0 Å². The predicted molar refractivity (Wildman–Crippen MR) is 58.3 cm³/mol. The molecule has 1 heterocycles. The van der Waals surface area contributed by atoms with Crippen molar-refractivity contribution in [2.24, 2.45) is 0 Å². The van der Waals surface area contributed by atoms with Crippen LogP contribution in [0.2, 0.25) is 0 Å². The smallest absolute Gasteiger partial charge is 0.352 e. The number of pyridine rings is 1. The molecule has 0 unspecified atom stereocenters. The topological polar surface area (TPSA) is 70.2 Å². The first-order valence-corrected chi connectivity index (χ1v) is 5.55. The molecule has 5 heteroatoms. The Bertz CT molecular complexity index is 462. The maximum Gasteiger partial charge on any atom is 0.352 e. The summed E-state index contributed by atoms with van der Waals surface area (Å²) in [6, 6.07) is 1.63. The minimum Gasteiger partial charge on any atom is -0.477 e. The lowest BCUT2D eigenvalue weighted by Gasteiger charge is -2.26. The van der Waals surface area contributed by atoms with Crippen molar-refractivity contribution in [2.75, 3.05) is 0 Å². The van der Waals surface area contributed by atoms with Gasteiger partial charge >= 0.3 is 5.97 Å². The molecule has 0 saturated heterocycles. The zero-order valence-corrected chi connectivity index (χ0v) is 9.50. The second-order valence-corrected chi connectivity index (χ2v) is 4.56. The molecule has 4 nitrogen and oxygen atoms in total. The van der Waals surface area contributed by atoms with Crippen LogP contribution in [0, 0.1) is 0 Å². The number of hydrogen-bond acceptors (Lipinski definition) is 2. The average Bonchev–Trinajstić information content (AvgIpc) is 2.07. The van der Waals surface area contributed by atoms with Crippen molar-refractivity contribution in [1.82, 2.24) is 4.98 Å². The van der Waals surface area contributed by atoms with Gasteiger partial charge in [-0.25, -0.2) is 4.79 Å². The lowest BCUT2D eigenvalue weighted by atomic mass is 9.79. The van der Waals surface area contributed by atoms with Crippen LogP contribution in [0.3, 0.4) is 0 Å². The van der Waals surface area contributed by atoms with Gasteiger partial charge in [-0.3, -0.25) is 4.79 Å². The fraction of sp³-hybridized carbons (Fsp3) is 0.400. The maximum atomic E-state index is 11.3. The molecule has 1 aromatic heterocycles. The van der Waals surface area contributed by atoms with Crippen LogP contribution in [0.4, 0.5) is 0 Å². The van der Waals surface area contributed by atoms with E-state index < -0.39 is 11.5 Å². The van der Waals surface area contributed by atoms with Gasteiger partial charge in [0.25, 0.3) is 5.56 Å². The quantitative estimate of drug-likeness (QED) is 0.866. The number of carbonyl (C=O) groups is 1. The number of aromatic amines is 1. The average molecular weight is 272 g/mol. The van der Waals surface area contributed by atoms with E-state index in [1.54, 1.807) is 6.07 Å². The highest BCUT2D eigenvalue weighted by molar-refractivity contribution is 9.10. The summed E-state index contributed by atoms with van der Waals surface area (Å²) in [5, 5.41) is 8.96. The normalized spacial score (nSPS) is 16.1. The molecule has 0 amide bonds. The van der Waals surface area contributed by atoms with Gasteiger partial charge in [-0.2, -0.15) is 0 Å². The van der Waals surface area contributed by atoms with Crippen LogP contribution in [0.1, 0.15) is 41.2 Å². The summed E-state index contributed by atoms with van der Waals surface area (Å²) in [6.45, 7) is 0. The summed E-state index contributed by atoms with van der Waals surface area (Å²) >= 11 is 3.11. The third-order valence-corrected chi connectivity index (χ3v) is 3.37. The van der Waals surface area contributed by atoms with Crippen molar-refractivity contribution in [3.05, 3.63) is 32.2 Å². The molecule has 1 saturated carbocycles. The number of nitrogens with one attached hydrogen (secondary N) is 1. The van der Waals surface area contributed by atoms with Gasteiger partial charge in [0.15, 0.2) is 0 Å². The molecule has 0 bridgehead atoms. The Morgan fingerprint density at radius 1 is 1.53 bits per heavy atom. The highest BCUT2D eigenvalue weighted by atomic mass is 79.9. The Balaban J connectivity index is 2.54. The zero-order valence-electron chi connectivity index (χ0n) is 7.92. The summed E-state index contributed by atoms with van der Waals surface area (Å²) in [7, 11) is 0. The molecule has 2 rings (SSSR count). The molecule has 1 aromatic rings. The molecule has 0 spiro atoms. The number of halogens is 1. The minimum absolute atomic E-state index is 0.0351. The van der Waals surface area contributed by atoms with Gasteiger partial charge in [-0.05, 0) is 46.3 Å². The second kappa shape index (κ2) is 3.81. The lowest BCUT2D eigenvalue weighted by Crippen LogP contribution is -2.20. The van der Waals surface area contributed by atoms with Gasteiger partial charge in [0.05, 0.1) is 4.47 Å². The molecule has 80 valence electrons. The molecule has 15 heavy (non-hydrogen) atoms. The van der Waals surface area contributed by atoms with Gasteiger partial charge in [-0.1, -0.05) is 6.42 Å². The van der Waals surface area contributed by atoms with Crippen LogP contribution in [-0.4, -0.2) is 16.1 Å². The van der Waals surface area contributed by atoms with Gasteiger partial charge in [0.1, 0.15) is 5.69 Å². The van der Waals surface area contributed by atoms with Gasteiger partial charge in [0.2, 0.25) is 0 Å². The summed E-state index contributed by atoms with van der Waals surface area (Å²) in [5.74, 6) is -0.786. The molecule has 2 N–H and O–H groups in total. The zero-order chi connectivity index (χ0) is 11.0. The molecule has 0 radical (unpaired) electrons. The highest BCUT2D eigenvalue weighted by Crippen LogP contribution is 2.37. The number of carboxylic acids is 1. The number of aromatic carboxylic acids is 1. The summed E-state index contributed by atoms with van der Waals surface area (Å²) in [5.41, 5.74) is 0.378. The Hall–Kier alpha value is -1.10. The molecule has 1 fully saturated rings. The van der Waals surface area contributed by atoms with Crippen molar-refractivity contribution in [3.63, 3.8) is 0 Å². The number of H-pyrrole nitrogens is 1. The van der Waals surface area contributed by atoms with E-state index in [4.69, 9.17) is 5.11 Å². The number of hydrogen-bond donors (Lipinski definition) is 2. The fourth-order valence-corrected chi connectivity index (χ4v) is 2.08. The highest BCUT2D eigenvalue weighted by Gasteiger charge is 2.25. The van der Waals surface area contributed by atoms with Crippen LogP contribution < -0.4 is 5.56 Å². The molecule has 1 aliphatic rings. The summed E-state index contributed by atoms with van der Waals surface area (Å²) < 4.78 is 0.398. The van der Waals surface area contributed by atoms with Crippen molar-refractivity contribution in [3.8, 4) is 0 Å². The Labute approximate surface area is 94.5 Å². The first-order chi connectivity index (χ1) is 7.09. The lowest BCUT2D eigenvalue weighted by molar-refractivity contribution is 0.0687. The third kappa shape index (κ3) is 1.84. The number of aromatic nitrogens is 1. The molecule has 1 aliphatic carbocycles. The maximum absolute atomic E-state index is 11.3. The Morgan fingerprint density at radius 3 is 2.67 bits per heavy atom. The minimum atomic E-state index is -1.07. The third-order valence-electron chi connectivity index (χ3n) is 2.79. The summed E-state index contributed by atoms with van der Waals surface area (Å²) in [4.78, 5) is 24.6. The fourth-order valence-electron chi connectivity index (χ4n) is 1.74. The molecule has 0 aliphatic heterocycles. The first-order valence-electron chi connectivity index (χ1n) is 4.75. The van der Waals surface area contributed by atoms with E-state index in [2.05, 4.69) is 20.9 Å². The van der Waals surface area contributed by atoms with Crippen molar-refractivity contribution in [1.29, 1.82) is 0 Å². The van der Waals surface area contributed by atoms with Crippen molar-refractivity contribution < 1.29 is 9.90 Å². The van der Waals surface area contributed by atoms with Crippen LogP contribution >= 0.6 is 15.9 Å². The molecule has 0 atom stereocenters. The Morgan fingerprint density at radius 2 is 2.20 bits per heavy atom. The summed E-state index contributed by atoms with van der Waals surface area (Å²) in [6.07, 6.45) is 3.12. The SMILES string of the molecule is O=C(O)c1[nH]c(=O)c(Br)cc1C1CCC1. The van der Waals surface area contributed by atoms with E-state index in [0.717, 1.165) is 24.8 Å². The van der Waals surface area contributed by atoms with E-state index in [9.17, 15) is 9.59 Å². The second-order valence-electron chi connectivity index (χ2n) is 3.71. The van der Waals surface area contributed by atoms with Gasteiger partial charge in [0, 0.05) is 0 Å². The van der Waals surface area contributed by atoms with Crippen molar-refractivity contribution in [2.45, 2.75) is 25.2 Å². The van der Waals surface area contributed by atoms with Crippen LogP contribution in [0.15, 0.2) is 15.3 Å². The van der Waals surface area contributed by atoms with E-state index in [0.29, 0.717) is 4.47 Å². The predicted octanol–water partition coefficient (Wildman–Crippen LogP) is 2.10. The first kappa shape index (κ1) is 10.4. The van der Waals surface area contributed by atoms with Crippen LogP contribution in [0.25, 0.3) is 0 Å². The van der Waals surface area contributed by atoms with Crippen molar-refractivity contribution >= 4 is 21.9 Å². The number of carboxylic acid groups (broad SMARTS) is 1. The molecular formula is C10H10BrNO3. The molecule has 0 aromatic carbocycles. The monoisotopic (exact) mass is 271 g/mol.